The first-order chi connectivity index (χ1) is 9.74. The number of halogens is 1. The Kier molecular flexibility index (Phi) is 4.96. The molecule has 0 aliphatic carbocycles. The first-order valence-corrected chi connectivity index (χ1v) is 6.37. The van der Waals surface area contributed by atoms with Crippen molar-refractivity contribution >= 4 is 5.69 Å². The van der Waals surface area contributed by atoms with E-state index in [1.54, 1.807) is 13.2 Å². The zero-order chi connectivity index (χ0) is 14.4. The molecule has 0 atom stereocenters. The van der Waals surface area contributed by atoms with Gasteiger partial charge in [-0.1, -0.05) is 24.3 Å². The highest BCUT2D eigenvalue weighted by Gasteiger charge is 2.05. The summed E-state index contributed by atoms with van der Waals surface area (Å²) in [4.78, 5) is 0. The minimum absolute atomic E-state index is 0.258. The molecule has 0 aromatic heterocycles. The van der Waals surface area contributed by atoms with Gasteiger partial charge in [-0.15, -0.1) is 0 Å². The van der Waals surface area contributed by atoms with Crippen LogP contribution >= 0.6 is 0 Å². The van der Waals surface area contributed by atoms with Crippen LogP contribution in [0.2, 0.25) is 0 Å². The van der Waals surface area contributed by atoms with Crippen LogP contribution in [0.15, 0.2) is 42.5 Å². The summed E-state index contributed by atoms with van der Waals surface area (Å²) in [5, 5.41) is 3.29. The normalized spacial score (nSPS) is 10.3. The summed E-state index contributed by atoms with van der Waals surface area (Å²) in [7, 11) is 3.12. The van der Waals surface area contributed by atoms with Crippen LogP contribution in [0.4, 0.5) is 10.1 Å². The van der Waals surface area contributed by atoms with Crippen LogP contribution in [0, 0.1) is 5.82 Å². The van der Waals surface area contributed by atoms with Gasteiger partial charge >= 0.3 is 0 Å². The van der Waals surface area contributed by atoms with Crippen LogP contribution in [0.5, 0.6) is 5.75 Å². The second kappa shape index (κ2) is 6.91. The molecule has 0 amide bonds. The van der Waals surface area contributed by atoms with Gasteiger partial charge in [-0.3, -0.25) is 0 Å². The van der Waals surface area contributed by atoms with Crippen molar-refractivity contribution in [1.82, 2.24) is 0 Å². The van der Waals surface area contributed by atoms with Crippen molar-refractivity contribution in [3.05, 3.63) is 59.4 Å². The van der Waals surface area contributed by atoms with Crippen LogP contribution in [-0.4, -0.2) is 14.2 Å². The van der Waals surface area contributed by atoms with Crippen molar-refractivity contribution in [3.8, 4) is 5.75 Å². The quantitative estimate of drug-likeness (QED) is 0.874. The van der Waals surface area contributed by atoms with E-state index in [2.05, 4.69) is 5.32 Å². The minimum atomic E-state index is -0.350. The maximum atomic E-state index is 13.6. The van der Waals surface area contributed by atoms with Crippen LogP contribution in [0.3, 0.4) is 0 Å². The predicted octanol–water partition coefficient (Wildman–Crippen LogP) is 3.59. The van der Waals surface area contributed by atoms with Crippen LogP contribution < -0.4 is 10.1 Å². The van der Waals surface area contributed by atoms with Gasteiger partial charge in [0, 0.05) is 24.9 Å². The Bertz CT molecular complexity index is 572. The molecule has 0 radical (unpaired) electrons. The molecule has 0 saturated heterocycles. The Hall–Kier alpha value is -2.07. The molecule has 0 spiro atoms. The standard InChI is InChI=1S/C16H18FNO2/c1-19-11-13-5-3-4-6-15(13)18-10-12-7-8-16(20-2)14(17)9-12/h3-9,18H,10-11H2,1-2H3. The van der Waals surface area contributed by atoms with Gasteiger partial charge in [0.1, 0.15) is 0 Å². The molecule has 0 aliphatic heterocycles. The van der Waals surface area contributed by atoms with Crippen molar-refractivity contribution in [1.29, 1.82) is 0 Å². The average Bonchev–Trinajstić information content (AvgIpc) is 2.47. The molecule has 3 nitrogen and oxygen atoms in total. The molecule has 4 heteroatoms. The fourth-order valence-electron chi connectivity index (χ4n) is 1.99. The Balaban J connectivity index is 2.07. The van der Waals surface area contributed by atoms with Crippen molar-refractivity contribution in [2.75, 3.05) is 19.5 Å². The number of para-hydroxylation sites is 1. The molecule has 0 heterocycles. The SMILES string of the molecule is COCc1ccccc1NCc1ccc(OC)c(F)c1. The molecular formula is C16H18FNO2. The molecule has 0 saturated carbocycles. The third-order valence-corrected chi connectivity index (χ3v) is 3.02. The zero-order valence-electron chi connectivity index (χ0n) is 11.7. The van der Waals surface area contributed by atoms with E-state index in [9.17, 15) is 4.39 Å². The summed E-state index contributed by atoms with van der Waals surface area (Å²) in [6, 6.07) is 12.9. The minimum Gasteiger partial charge on any atom is -0.494 e. The van der Waals surface area contributed by atoms with Crippen molar-refractivity contribution < 1.29 is 13.9 Å². The van der Waals surface area contributed by atoms with E-state index in [1.165, 1.54) is 13.2 Å². The maximum Gasteiger partial charge on any atom is 0.165 e. The summed E-state index contributed by atoms with van der Waals surface area (Å²) in [6.45, 7) is 1.09. The summed E-state index contributed by atoms with van der Waals surface area (Å²) >= 11 is 0. The molecule has 106 valence electrons. The number of anilines is 1. The van der Waals surface area contributed by atoms with Gasteiger partial charge in [0.05, 0.1) is 13.7 Å². The number of hydrogen-bond donors (Lipinski definition) is 1. The van der Waals surface area contributed by atoms with E-state index in [-0.39, 0.29) is 11.6 Å². The fourth-order valence-corrected chi connectivity index (χ4v) is 1.99. The van der Waals surface area contributed by atoms with Gasteiger partial charge in [-0.05, 0) is 23.8 Å². The molecule has 2 aromatic carbocycles. The Morgan fingerprint density at radius 2 is 1.90 bits per heavy atom. The third-order valence-electron chi connectivity index (χ3n) is 3.02. The Morgan fingerprint density at radius 1 is 1.10 bits per heavy atom. The number of nitrogens with one attached hydrogen (secondary N) is 1. The largest absolute Gasteiger partial charge is 0.494 e. The fraction of sp³-hybridized carbons (Fsp3) is 0.250. The molecule has 0 aliphatic rings. The second-order valence-corrected chi connectivity index (χ2v) is 4.41. The molecule has 0 unspecified atom stereocenters. The zero-order valence-corrected chi connectivity index (χ0v) is 11.7. The lowest BCUT2D eigenvalue weighted by Gasteiger charge is -2.12. The molecule has 0 bridgehead atoms. The van der Waals surface area contributed by atoms with E-state index in [1.807, 2.05) is 30.3 Å². The van der Waals surface area contributed by atoms with Gasteiger partial charge in [-0.25, -0.2) is 4.39 Å². The highest BCUT2D eigenvalue weighted by Crippen LogP contribution is 2.20. The second-order valence-electron chi connectivity index (χ2n) is 4.41. The van der Waals surface area contributed by atoms with Crippen LogP contribution in [-0.2, 0) is 17.9 Å². The van der Waals surface area contributed by atoms with E-state index in [0.29, 0.717) is 13.2 Å². The molecular weight excluding hydrogens is 257 g/mol. The molecule has 1 N–H and O–H groups in total. The summed E-state index contributed by atoms with van der Waals surface area (Å²) in [5.41, 5.74) is 2.92. The smallest absolute Gasteiger partial charge is 0.165 e. The van der Waals surface area contributed by atoms with Crippen LogP contribution in [0.1, 0.15) is 11.1 Å². The van der Waals surface area contributed by atoms with Gasteiger partial charge < -0.3 is 14.8 Å². The van der Waals surface area contributed by atoms with E-state index in [4.69, 9.17) is 9.47 Å². The first kappa shape index (κ1) is 14.3. The third kappa shape index (κ3) is 3.48. The number of rotatable bonds is 6. The number of ether oxygens (including phenoxy) is 2. The Morgan fingerprint density at radius 3 is 2.60 bits per heavy atom. The van der Waals surface area contributed by atoms with Crippen molar-refractivity contribution in [3.63, 3.8) is 0 Å². The van der Waals surface area contributed by atoms with Crippen molar-refractivity contribution in [2.45, 2.75) is 13.2 Å². The molecule has 2 aromatic rings. The highest BCUT2D eigenvalue weighted by atomic mass is 19.1. The summed E-state index contributed by atoms with van der Waals surface area (Å²) in [5.74, 6) is -0.0921. The molecule has 0 fully saturated rings. The summed E-state index contributed by atoms with van der Waals surface area (Å²) < 4.78 is 23.7. The highest BCUT2D eigenvalue weighted by molar-refractivity contribution is 5.51. The van der Waals surface area contributed by atoms with Gasteiger partial charge in [0.2, 0.25) is 0 Å². The average molecular weight is 275 g/mol. The Labute approximate surface area is 118 Å². The van der Waals surface area contributed by atoms with Gasteiger partial charge in [0.25, 0.3) is 0 Å². The van der Waals surface area contributed by atoms with Crippen molar-refractivity contribution in [2.24, 2.45) is 0 Å². The lowest BCUT2D eigenvalue weighted by atomic mass is 10.1. The predicted molar refractivity (Wildman–Crippen MR) is 77.4 cm³/mol. The monoisotopic (exact) mass is 275 g/mol. The van der Waals surface area contributed by atoms with E-state index < -0.39 is 0 Å². The molecule has 20 heavy (non-hydrogen) atoms. The van der Waals surface area contributed by atoms with Gasteiger partial charge in [-0.2, -0.15) is 0 Å². The molecule has 2 rings (SSSR count). The lowest BCUT2D eigenvalue weighted by molar-refractivity contribution is 0.185. The number of methoxy groups -OCH3 is 2. The maximum absolute atomic E-state index is 13.6. The van der Waals surface area contributed by atoms with Crippen LogP contribution in [0.25, 0.3) is 0 Å². The van der Waals surface area contributed by atoms with E-state index >= 15 is 0 Å². The summed E-state index contributed by atoms with van der Waals surface area (Å²) in [6.07, 6.45) is 0. The van der Waals surface area contributed by atoms with Gasteiger partial charge in [0.15, 0.2) is 11.6 Å². The first-order valence-electron chi connectivity index (χ1n) is 6.37. The topological polar surface area (TPSA) is 30.5 Å². The van der Waals surface area contributed by atoms with E-state index in [0.717, 1.165) is 16.8 Å². The lowest BCUT2D eigenvalue weighted by Crippen LogP contribution is -2.03. The number of hydrogen-bond acceptors (Lipinski definition) is 3. The number of benzene rings is 2.